The largest absolute Gasteiger partial charge is 0.341 e. The third-order valence-corrected chi connectivity index (χ3v) is 2.23. The van der Waals surface area contributed by atoms with E-state index in [0.29, 0.717) is 25.6 Å². The first-order valence-electron chi connectivity index (χ1n) is 4.73. The molecule has 0 aromatic heterocycles. The van der Waals surface area contributed by atoms with Crippen LogP contribution in [-0.2, 0) is 0 Å². The van der Waals surface area contributed by atoms with Gasteiger partial charge in [0.25, 0.3) is 5.92 Å². The van der Waals surface area contributed by atoms with Gasteiger partial charge in [-0.05, 0) is 6.92 Å². The molecule has 1 aliphatic heterocycles. The van der Waals surface area contributed by atoms with Crippen LogP contribution in [0.4, 0.5) is 8.78 Å². The second-order valence-corrected chi connectivity index (χ2v) is 3.29. The van der Waals surface area contributed by atoms with Crippen molar-refractivity contribution in [2.24, 2.45) is 10.8 Å². The van der Waals surface area contributed by atoms with E-state index in [-0.39, 0.29) is 12.8 Å². The zero-order valence-corrected chi connectivity index (χ0v) is 8.26. The van der Waals surface area contributed by atoms with Crippen LogP contribution in [0.5, 0.6) is 0 Å². The fourth-order valence-corrected chi connectivity index (χ4v) is 1.43. The van der Waals surface area contributed by atoms with Crippen LogP contribution in [0, 0.1) is 0 Å². The molecule has 4 nitrogen and oxygen atoms in total. The summed E-state index contributed by atoms with van der Waals surface area (Å²) in [5, 5.41) is 0. The summed E-state index contributed by atoms with van der Waals surface area (Å²) in [6.07, 6.45) is -0.255. The van der Waals surface area contributed by atoms with E-state index < -0.39 is 5.92 Å². The molecule has 0 radical (unpaired) electrons. The zero-order chi connectivity index (χ0) is 10.6. The lowest BCUT2D eigenvalue weighted by Crippen LogP contribution is -2.50. The topological polar surface area (TPSA) is 53.6 Å². The number of guanidine groups is 1. The van der Waals surface area contributed by atoms with E-state index in [4.69, 9.17) is 5.84 Å². The van der Waals surface area contributed by atoms with Gasteiger partial charge in [0.1, 0.15) is 0 Å². The SMILES string of the molecule is CCN=C(NN)N1CCC(F)(F)CC1. The number of nitrogens with two attached hydrogens (primary N) is 1. The lowest BCUT2D eigenvalue weighted by Gasteiger charge is -2.33. The number of nitrogens with one attached hydrogen (secondary N) is 1. The minimum atomic E-state index is -2.53. The summed E-state index contributed by atoms with van der Waals surface area (Å²) >= 11 is 0. The fraction of sp³-hybridized carbons (Fsp3) is 0.875. The standard InChI is InChI=1S/C8H16F2N4/c1-2-12-7(13-11)14-5-3-8(9,10)4-6-14/h2-6,11H2,1H3,(H,12,13). The smallest absolute Gasteiger partial charge is 0.251 e. The number of nitrogens with zero attached hydrogens (tertiary/aromatic N) is 2. The molecule has 1 heterocycles. The fourth-order valence-electron chi connectivity index (χ4n) is 1.43. The van der Waals surface area contributed by atoms with Crippen molar-refractivity contribution in [2.75, 3.05) is 19.6 Å². The van der Waals surface area contributed by atoms with Gasteiger partial charge in [-0.25, -0.2) is 14.6 Å². The van der Waals surface area contributed by atoms with Crippen molar-refractivity contribution in [3.63, 3.8) is 0 Å². The molecule has 1 rings (SSSR count). The summed E-state index contributed by atoms with van der Waals surface area (Å²) in [4.78, 5) is 5.83. The van der Waals surface area contributed by atoms with Gasteiger partial charge in [0.2, 0.25) is 5.96 Å². The summed E-state index contributed by atoms with van der Waals surface area (Å²) in [6, 6.07) is 0. The number of hydrazine groups is 1. The van der Waals surface area contributed by atoms with Gasteiger partial charge in [0.05, 0.1) is 0 Å². The molecular weight excluding hydrogens is 190 g/mol. The average Bonchev–Trinajstić information content (AvgIpc) is 2.15. The van der Waals surface area contributed by atoms with Gasteiger partial charge >= 0.3 is 0 Å². The number of halogens is 2. The van der Waals surface area contributed by atoms with Crippen LogP contribution in [0.25, 0.3) is 0 Å². The molecule has 3 N–H and O–H groups in total. The van der Waals surface area contributed by atoms with E-state index in [2.05, 4.69) is 10.4 Å². The number of hydrogen-bond acceptors (Lipinski definition) is 2. The van der Waals surface area contributed by atoms with E-state index in [1.807, 2.05) is 6.92 Å². The van der Waals surface area contributed by atoms with Crippen LogP contribution >= 0.6 is 0 Å². The van der Waals surface area contributed by atoms with Crippen molar-refractivity contribution in [2.45, 2.75) is 25.7 Å². The number of rotatable bonds is 1. The Balaban J connectivity index is 2.52. The first kappa shape index (κ1) is 11.2. The van der Waals surface area contributed by atoms with Gasteiger partial charge in [-0.3, -0.25) is 10.4 Å². The Labute approximate surface area is 82.1 Å². The summed E-state index contributed by atoms with van der Waals surface area (Å²) < 4.78 is 25.6. The van der Waals surface area contributed by atoms with Crippen molar-refractivity contribution in [3.8, 4) is 0 Å². The van der Waals surface area contributed by atoms with Gasteiger partial charge in [-0.2, -0.15) is 0 Å². The van der Waals surface area contributed by atoms with Crippen molar-refractivity contribution < 1.29 is 8.78 Å². The van der Waals surface area contributed by atoms with E-state index in [9.17, 15) is 8.78 Å². The predicted molar refractivity (Wildman–Crippen MR) is 51.1 cm³/mol. The minimum absolute atomic E-state index is 0.128. The maximum absolute atomic E-state index is 12.8. The van der Waals surface area contributed by atoms with Crippen LogP contribution in [0.15, 0.2) is 4.99 Å². The van der Waals surface area contributed by atoms with Gasteiger partial charge in [-0.15, -0.1) is 0 Å². The van der Waals surface area contributed by atoms with Gasteiger partial charge in [0.15, 0.2) is 0 Å². The first-order valence-corrected chi connectivity index (χ1v) is 4.73. The Morgan fingerprint density at radius 3 is 2.50 bits per heavy atom. The van der Waals surface area contributed by atoms with Crippen molar-refractivity contribution in [1.82, 2.24) is 10.3 Å². The molecule has 0 bridgehead atoms. The second-order valence-electron chi connectivity index (χ2n) is 3.29. The molecule has 0 aliphatic carbocycles. The number of likely N-dealkylation sites (tertiary alicyclic amines) is 1. The van der Waals surface area contributed by atoms with Crippen LogP contribution in [0.3, 0.4) is 0 Å². The van der Waals surface area contributed by atoms with Crippen LogP contribution in [0.1, 0.15) is 19.8 Å². The van der Waals surface area contributed by atoms with E-state index >= 15 is 0 Å². The normalized spacial score (nSPS) is 22.3. The summed E-state index contributed by atoms with van der Waals surface area (Å²) in [5.74, 6) is 3.22. The summed E-state index contributed by atoms with van der Waals surface area (Å²) in [7, 11) is 0. The van der Waals surface area contributed by atoms with Crippen molar-refractivity contribution in [1.29, 1.82) is 0 Å². The molecule has 0 amide bonds. The van der Waals surface area contributed by atoms with Crippen LogP contribution in [0.2, 0.25) is 0 Å². The molecule has 0 aromatic carbocycles. The van der Waals surface area contributed by atoms with Crippen molar-refractivity contribution >= 4 is 5.96 Å². The number of piperidine rings is 1. The molecule has 82 valence electrons. The maximum atomic E-state index is 12.8. The van der Waals surface area contributed by atoms with Gasteiger partial charge in [-0.1, -0.05) is 0 Å². The highest BCUT2D eigenvalue weighted by molar-refractivity contribution is 5.79. The number of hydrogen-bond donors (Lipinski definition) is 2. The quantitative estimate of drug-likeness (QED) is 0.285. The van der Waals surface area contributed by atoms with Crippen molar-refractivity contribution in [3.05, 3.63) is 0 Å². The molecule has 6 heteroatoms. The van der Waals surface area contributed by atoms with Crippen LogP contribution < -0.4 is 11.3 Å². The lowest BCUT2D eigenvalue weighted by atomic mass is 10.1. The molecule has 0 aromatic rings. The summed E-state index contributed by atoms with van der Waals surface area (Å²) in [5.41, 5.74) is 2.43. The molecule has 0 unspecified atom stereocenters. The Morgan fingerprint density at radius 1 is 1.50 bits per heavy atom. The third kappa shape index (κ3) is 2.80. The molecule has 0 atom stereocenters. The Morgan fingerprint density at radius 2 is 2.07 bits per heavy atom. The van der Waals surface area contributed by atoms with Crippen LogP contribution in [-0.4, -0.2) is 36.4 Å². The maximum Gasteiger partial charge on any atom is 0.251 e. The monoisotopic (exact) mass is 206 g/mol. The molecular formula is C8H16F2N4. The predicted octanol–water partition coefficient (Wildman–Crippen LogP) is 0.557. The van der Waals surface area contributed by atoms with E-state index in [0.717, 1.165) is 0 Å². The average molecular weight is 206 g/mol. The zero-order valence-electron chi connectivity index (χ0n) is 8.26. The van der Waals surface area contributed by atoms with E-state index in [1.165, 1.54) is 0 Å². The van der Waals surface area contributed by atoms with Gasteiger partial charge in [0, 0.05) is 32.5 Å². The highest BCUT2D eigenvalue weighted by Gasteiger charge is 2.34. The minimum Gasteiger partial charge on any atom is -0.341 e. The Hall–Kier alpha value is -0.910. The van der Waals surface area contributed by atoms with E-state index in [1.54, 1.807) is 4.90 Å². The highest BCUT2D eigenvalue weighted by Crippen LogP contribution is 2.27. The molecule has 0 spiro atoms. The number of aliphatic imine (C=N–C) groups is 1. The molecule has 14 heavy (non-hydrogen) atoms. The molecule has 1 aliphatic rings. The summed E-state index contributed by atoms with van der Waals surface area (Å²) in [6.45, 7) is 3.06. The van der Waals surface area contributed by atoms with Gasteiger partial charge < -0.3 is 4.90 Å². The first-order chi connectivity index (χ1) is 6.59. The molecule has 0 saturated carbocycles. The Kier molecular flexibility index (Phi) is 3.62. The molecule has 1 fully saturated rings. The number of alkyl halides is 2. The third-order valence-electron chi connectivity index (χ3n) is 2.23. The second kappa shape index (κ2) is 4.54. The molecule has 1 saturated heterocycles. The highest BCUT2D eigenvalue weighted by atomic mass is 19.3. The lowest BCUT2D eigenvalue weighted by molar-refractivity contribution is -0.0439. The Bertz CT molecular complexity index is 207.